The van der Waals surface area contributed by atoms with Crippen LogP contribution < -0.4 is 15.4 Å². The predicted molar refractivity (Wildman–Crippen MR) is 105 cm³/mol. The van der Waals surface area contributed by atoms with Crippen molar-refractivity contribution >= 4 is 29.1 Å². The number of methoxy groups -OCH3 is 1. The number of hydrogen-bond donors (Lipinski definition) is 2. The van der Waals surface area contributed by atoms with Crippen molar-refractivity contribution in [2.75, 3.05) is 14.2 Å². The Morgan fingerprint density at radius 1 is 1.23 bits per heavy atom. The van der Waals surface area contributed by atoms with Crippen molar-refractivity contribution in [3.63, 3.8) is 0 Å². The fraction of sp³-hybridized carbons (Fsp3) is 0.263. The van der Waals surface area contributed by atoms with Gasteiger partial charge in [0.2, 0.25) is 5.91 Å². The van der Waals surface area contributed by atoms with Crippen molar-refractivity contribution in [1.29, 1.82) is 0 Å². The summed E-state index contributed by atoms with van der Waals surface area (Å²) >= 11 is 0. The first kappa shape index (κ1) is 19.8. The number of carbonyl (C=O) groups is 1. The van der Waals surface area contributed by atoms with Crippen LogP contribution in [0.25, 0.3) is 10.8 Å². The maximum Gasteiger partial charge on any atom is 0.242 e. The van der Waals surface area contributed by atoms with Crippen LogP contribution in [0.1, 0.15) is 17.2 Å². The Hall–Kier alpha value is -2.57. The third kappa shape index (κ3) is 4.33. The van der Waals surface area contributed by atoms with Gasteiger partial charge in [-0.15, -0.1) is 12.4 Å². The van der Waals surface area contributed by atoms with E-state index in [1.165, 1.54) is 0 Å². The number of amides is 1. The topological polar surface area (TPSA) is 68.2 Å². The zero-order valence-electron chi connectivity index (χ0n) is 15.0. The van der Waals surface area contributed by atoms with Gasteiger partial charge >= 0.3 is 0 Å². The summed E-state index contributed by atoms with van der Waals surface area (Å²) in [7, 11) is 5.25. The monoisotopic (exact) mass is 374 g/mol. The Kier molecular flexibility index (Phi) is 6.60. The summed E-state index contributed by atoms with van der Waals surface area (Å²) in [5, 5.41) is 12.4. The third-order valence-corrected chi connectivity index (χ3v) is 4.19. The summed E-state index contributed by atoms with van der Waals surface area (Å²) in [6, 6.07) is 11.7. The molecule has 1 heterocycles. The molecule has 3 aromatic rings. The Balaban J connectivity index is 0.00000243. The second-order valence-electron chi connectivity index (χ2n) is 5.93. The van der Waals surface area contributed by atoms with Crippen molar-refractivity contribution in [2.45, 2.75) is 12.6 Å². The highest BCUT2D eigenvalue weighted by atomic mass is 35.5. The smallest absolute Gasteiger partial charge is 0.242 e. The molecular formula is C19H23ClN4O2. The van der Waals surface area contributed by atoms with Crippen LogP contribution >= 0.6 is 12.4 Å². The van der Waals surface area contributed by atoms with Gasteiger partial charge in [-0.3, -0.25) is 9.48 Å². The molecule has 3 rings (SSSR count). The second-order valence-corrected chi connectivity index (χ2v) is 5.93. The summed E-state index contributed by atoms with van der Waals surface area (Å²) in [6.45, 7) is 0.471. The summed E-state index contributed by atoms with van der Waals surface area (Å²) < 4.78 is 6.93. The number of fused-ring (bicyclic) bond motifs is 1. The number of likely N-dealkylation sites (N-methyl/N-ethyl adjacent to an activating group) is 1. The van der Waals surface area contributed by atoms with Gasteiger partial charge in [-0.1, -0.05) is 18.2 Å². The molecule has 6 nitrogen and oxygen atoms in total. The number of aryl methyl sites for hydroxylation is 1. The molecule has 0 aliphatic rings. The van der Waals surface area contributed by atoms with Gasteiger partial charge in [0, 0.05) is 25.4 Å². The largest absolute Gasteiger partial charge is 0.497 e. The van der Waals surface area contributed by atoms with Crippen LogP contribution in [0.5, 0.6) is 5.75 Å². The molecule has 2 N–H and O–H groups in total. The normalized spacial score (nSPS) is 11.7. The number of nitrogens with zero attached hydrogens (tertiary/aromatic N) is 2. The molecule has 0 bridgehead atoms. The van der Waals surface area contributed by atoms with E-state index >= 15 is 0 Å². The molecule has 1 amide bonds. The third-order valence-electron chi connectivity index (χ3n) is 4.19. The van der Waals surface area contributed by atoms with Crippen LogP contribution in [0, 0.1) is 0 Å². The van der Waals surface area contributed by atoms with Gasteiger partial charge in [-0.05, 0) is 41.6 Å². The Morgan fingerprint density at radius 2 is 1.96 bits per heavy atom. The molecule has 0 spiro atoms. The lowest BCUT2D eigenvalue weighted by atomic mass is 10.1. The molecule has 138 valence electrons. The van der Waals surface area contributed by atoms with E-state index in [9.17, 15) is 4.79 Å². The van der Waals surface area contributed by atoms with Crippen molar-refractivity contribution < 1.29 is 9.53 Å². The van der Waals surface area contributed by atoms with E-state index < -0.39 is 6.04 Å². The quantitative estimate of drug-likeness (QED) is 0.696. The van der Waals surface area contributed by atoms with Gasteiger partial charge in [0.05, 0.1) is 13.3 Å². The first-order valence-electron chi connectivity index (χ1n) is 8.11. The van der Waals surface area contributed by atoms with Crippen LogP contribution in [0.3, 0.4) is 0 Å². The van der Waals surface area contributed by atoms with Crippen LogP contribution in [0.4, 0.5) is 0 Å². The number of rotatable bonds is 6. The van der Waals surface area contributed by atoms with Crippen LogP contribution in [-0.2, 0) is 18.4 Å². The number of halogens is 1. The first-order valence-corrected chi connectivity index (χ1v) is 8.11. The molecule has 2 aromatic carbocycles. The van der Waals surface area contributed by atoms with E-state index in [0.29, 0.717) is 6.54 Å². The van der Waals surface area contributed by atoms with E-state index in [2.05, 4.69) is 21.8 Å². The lowest BCUT2D eigenvalue weighted by Crippen LogP contribution is -2.35. The summed E-state index contributed by atoms with van der Waals surface area (Å²) in [5.74, 6) is 0.757. The van der Waals surface area contributed by atoms with Crippen LogP contribution in [-0.4, -0.2) is 29.8 Å². The number of carbonyl (C=O) groups excluding carboxylic acids is 1. The van der Waals surface area contributed by atoms with E-state index in [4.69, 9.17) is 4.74 Å². The standard InChI is InChI=1S/C19H22N4O2.ClH/c1-20-18(16-11-22-23(2)12-16)19(24)21-10-13-4-5-15-9-17(25-3)7-6-14(15)8-13;/h4-9,11-12,18,20H,10H2,1-3H3,(H,21,24);1H. The molecule has 1 aromatic heterocycles. The highest BCUT2D eigenvalue weighted by Crippen LogP contribution is 2.22. The number of nitrogens with one attached hydrogen (secondary N) is 2. The van der Waals surface area contributed by atoms with Crippen LogP contribution in [0.15, 0.2) is 48.8 Å². The van der Waals surface area contributed by atoms with E-state index in [-0.39, 0.29) is 18.3 Å². The van der Waals surface area contributed by atoms with Crippen molar-refractivity contribution in [3.8, 4) is 5.75 Å². The Bertz CT molecular complexity index is 894. The molecule has 0 fully saturated rings. The van der Waals surface area contributed by atoms with E-state index in [0.717, 1.165) is 27.6 Å². The zero-order valence-corrected chi connectivity index (χ0v) is 15.8. The molecule has 0 radical (unpaired) electrons. The molecule has 0 saturated heterocycles. The highest BCUT2D eigenvalue weighted by Gasteiger charge is 2.19. The van der Waals surface area contributed by atoms with Crippen molar-refractivity contribution in [2.24, 2.45) is 7.05 Å². The summed E-state index contributed by atoms with van der Waals surface area (Å²) in [4.78, 5) is 12.5. The van der Waals surface area contributed by atoms with E-state index in [1.54, 1.807) is 25.0 Å². The SMILES string of the molecule is CNC(C(=O)NCc1ccc2cc(OC)ccc2c1)c1cnn(C)c1.Cl. The minimum Gasteiger partial charge on any atom is -0.497 e. The van der Waals surface area contributed by atoms with E-state index in [1.807, 2.05) is 43.6 Å². The number of ether oxygens (including phenoxy) is 1. The van der Waals surface area contributed by atoms with Crippen molar-refractivity contribution in [3.05, 3.63) is 59.9 Å². The molecule has 1 unspecified atom stereocenters. The maximum absolute atomic E-state index is 12.5. The molecule has 0 saturated carbocycles. The van der Waals surface area contributed by atoms with Gasteiger partial charge in [-0.25, -0.2) is 0 Å². The van der Waals surface area contributed by atoms with Gasteiger partial charge in [0.25, 0.3) is 0 Å². The van der Waals surface area contributed by atoms with Gasteiger partial charge in [-0.2, -0.15) is 5.10 Å². The van der Waals surface area contributed by atoms with Crippen LogP contribution in [0.2, 0.25) is 0 Å². The molecule has 1 atom stereocenters. The molecule has 7 heteroatoms. The fourth-order valence-electron chi connectivity index (χ4n) is 2.84. The fourth-order valence-corrected chi connectivity index (χ4v) is 2.84. The minimum atomic E-state index is -0.418. The first-order chi connectivity index (χ1) is 12.1. The van der Waals surface area contributed by atoms with Crippen molar-refractivity contribution in [1.82, 2.24) is 20.4 Å². The molecule has 0 aliphatic heterocycles. The summed E-state index contributed by atoms with van der Waals surface area (Å²) in [5.41, 5.74) is 1.89. The number of hydrogen-bond acceptors (Lipinski definition) is 4. The average molecular weight is 375 g/mol. The van der Waals surface area contributed by atoms with Gasteiger partial charge < -0.3 is 15.4 Å². The second kappa shape index (κ2) is 8.69. The number of aromatic nitrogens is 2. The number of benzene rings is 2. The highest BCUT2D eigenvalue weighted by molar-refractivity contribution is 5.86. The molecule has 26 heavy (non-hydrogen) atoms. The lowest BCUT2D eigenvalue weighted by Gasteiger charge is -2.15. The Labute approximate surface area is 158 Å². The Morgan fingerprint density at radius 3 is 2.62 bits per heavy atom. The molecule has 0 aliphatic carbocycles. The average Bonchev–Trinajstić information content (AvgIpc) is 3.06. The minimum absolute atomic E-state index is 0. The maximum atomic E-state index is 12.5. The summed E-state index contributed by atoms with van der Waals surface area (Å²) in [6.07, 6.45) is 3.54. The lowest BCUT2D eigenvalue weighted by molar-refractivity contribution is -0.123. The predicted octanol–water partition coefficient (Wildman–Crippen LogP) is 2.58. The van der Waals surface area contributed by atoms with Gasteiger partial charge in [0.15, 0.2) is 0 Å². The molecular weight excluding hydrogens is 352 g/mol. The zero-order chi connectivity index (χ0) is 17.8. The van der Waals surface area contributed by atoms with Gasteiger partial charge in [0.1, 0.15) is 11.8 Å².